The van der Waals surface area contributed by atoms with Crippen LogP contribution in [0.3, 0.4) is 0 Å². The number of carboxylic acid groups (broad SMARTS) is 2. The van der Waals surface area contributed by atoms with E-state index in [2.05, 4.69) is 22.9 Å². The van der Waals surface area contributed by atoms with Crippen LogP contribution in [0.25, 0.3) is 0 Å². The van der Waals surface area contributed by atoms with E-state index in [9.17, 15) is 29.1 Å². The number of hydrogen-bond acceptors (Lipinski definition) is 10. The molecule has 1 atom stereocenters. The molecule has 61 heavy (non-hydrogen) atoms. The third-order valence-corrected chi connectivity index (χ3v) is 9.91. The van der Waals surface area contributed by atoms with Gasteiger partial charge in [-0.05, 0) is 56.9 Å². The summed E-state index contributed by atoms with van der Waals surface area (Å²) in [6.07, 6.45) is 22.1. The van der Waals surface area contributed by atoms with E-state index in [1.165, 1.54) is 82.8 Å². The zero-order valence-corrected chi connectivity index (χ0v) is 37.3. The summed E-state index contributed by atoms with van der Waals surface area (Å²) in [4.78, 5) is 59.0. The molecular formula is C46H78N3O12. The van der Waals surface area contributed by atoms with E-state index in [0.717, 1.165) is 44.6 Å². The maximum absolute atomic E-state index is 12.3. The number of aromatic carboxylic acids is 1. The van der Waals surface area contributed by atoms with Crippen molar-refractivity contribution >= 4 is 29.7 Å². The fourth-order valence-corrected chi connectivity index (χ4v) is 6.31. The van der Waals surface area contributed by atoms with Crippen LogP contribution in [0.1, 0.15) is 159 Å². The topological polar surface area (TPSA) is 208 Å². The molecule has 0 bridgehead atoms. The molecule has 1 aromatic rings. The van der Waals surface area contributed by atoms with Gasteiger partial charge in [0.25, 0.3) is 0 Å². The third kappa shape index (κ3) is 34.5. The van der Waals surface area contributed by atoms with Crippen molar-refractivity contribution in [2.45, 2.75) is 155 Å². The largest absolute Gasteiger partial charge is 0.494 e. The Hall–Kier alpha value is -3.79. The normalized spacial score (nSPS) is 11.7. The lowest BCUT2D eigenvalue weighted by atomic mass is 10.0. The van der Waals surface area contributed by atoms with Gasteiger partial charge in [0.2, 0.25) is 17.7 Å². The van der Waals surface area contributed by atoms with Crippen LogP contribution in [0.4, 0.5) is 0 Å². The summed E-state index contributed by atoms with van der Waals surface area (Å²) < 4.78 is 27.7. The lowest BCUT2D eigenvalue weighted by Crippen LogP contribution is -2.41. The van der Waals surface area contributed by atoms with Gasteiger partial charge in [0.05, 0.1) is 57.9 Å². The van der Waals surface area contributed by atoms with Gasteiger partial charge in [0, 0.05) is 25.9 Å². The van der Waals surface area contributed by atoms with Gasteiger partial charge in [-0.25, -0.2) is 9.59 Å². The zero-order chi connectivity index (χ0) is 44.6. The lowest BCUT2D eigenvalue weighted by molar-refractivity contribution is -0.142. The Bertz CT molecular complexity index is 1280. The van der Waals surface area contributed by atoms with Crippen LogP contribution >= 0.6 is 0 Å². The molecule has 15 nitrogen and oxygen atoms in total. The number of carbonyl (C=O) groups excluding carboxylic acids is 3. The fourth-order valence-electron chi connectivity index (χ4n) is 6.31. The van der Waals surface area contributed by atoms with Crippen molar-refractivity contribution in [3.05, 3.63) is 35.9 Å². The molecule has 1 aromatic carbocycles. The molecule has 0 heterocycles. The van der Waals surface area contributed by atoms with Crippen LogP contribution in [0.5, 0.6) is 5.75 Å². The first-order chi connectivity index (χ1) is 29.6. The molecule has 0 aliphatic rings. The molecule has 0 unspecified atom stereocenters. The van der Waals surface area contributed by atoms with Crippen molar-refractivity contribution in [2.75, 3.05) is 65.9 Å². The van der Waals surface area contributed by atoms with Gasteiger partial charge in [-0.1, -0.05) is 103 Å². The van der Waals surface area contributed by atoms with Crippen LogP contribution in [0.2, 0.25) is 0 Å². The van der Waals surface area contributed by atoms with Crippen LogP contribution in [-0.2, 0) is 38.1 Å². The highest BCUT2D eigenvalue weighted by Gasteiger charge is 2.21. The molecule has 0 saturated carbocycles. The average molecular weight is 865 g/mol. The van der Waals surface area contributed by atoms with Gasteiger partial charge in [-0.3, -0.25) is 14.4 Å². The standard InChI is InChI=1S/C46H78N3O12/c1-3-4-5-6-7-8-9-10-11-12-14-17-20-38(2)60-36-35-58-32-29-48-44(52)37-59-34-33-57-31-28-47-42(50)27-26-41(46(55)56)49-43(51)21-18-15-13-16-19-30-61-40-24-22-39(23-25-40)45(53)54/h22-25,41H,3-21,26-37H2,1-2H3,(H,47,50)(H,48,52)(H,49,51)(H,53,54)(H,55,56)/t41-/m0/s1. The molecule has 0 saturated heterocycles. The molecule has 1 rings (SSSR count). The number of rotatable bonds is 43. The highest BCUT2D eigenvalue weighted by Crippen LogP contribution is 2.16. The van der Waals surface area contributed by atoms with Crippen LogP contribution in [0.15, 0.2) is 24.3 Å². The highest BCUT2D eigenvalue weighted by atomic mass is 16.5. The van der Waals surface area contributed by atoms with Gasteiger partial charge < -0.3 is 49.8 Å². The molecule has 0 aliphatic carbocycles. The van der Waals surface area contributed by atoms with Crippen molar-refractivity contribution in [3.8, 4) is 5.75 Å². The number of unbranched alkanes of at least 4 members (excludes halogenated alkanes) is 15. The average Bonchev–Trinajstić information content (AvgIpc) is 3.24. The molecule has 349 valence electrons. The molecule has 0 aromatic heterocycles. The second kappa shape index (κ2) is 39.1. The predicted octanol–water partition coefficient (Wildman–Crippen LogP) is 7.40. The van der Waals surface area contributed by atoms with E-state index in [0.29, 0.717) is 45.1 Å². The van der Waals surface area contributed by atoms with Crippen molar-refractivity contribution in [1.82, 2.24) is 16.0 Å². The maximum atomic E-state index is 12.3. The summed E-state index contributed by atoms with van der Waals surface area (Å²) >= 11 is 0. The van der Waals surface area contributed by atoms with Gasteiger partial charge in [0.15, 0.2) is 0 Å². The molecule has 0 aliphatic heterocycles. The Kier molecular flexibility index (Phi) is 35.4. The van der Waals surface area contributed by atoms with Gasteiger partial charge in [0.1, 0.15) is 18.4 Å². The quantitative estimate of drug-likeness (QED) is 0.0407. The molecule has 5 N–H and O–H groups in total. The number of nitrogens with one attached hydrogen (secondary N) is 3. The number of carboxylic acids is 2. The molecule has 15 heteroatoms. The summed E-state index contributed by atoms with van der Waals surface area (Å²) in [6, 6.07) is 5.06. The smallest absolute Gasteiger partial charge is 0.335 e. The first-order valence-corrected chi connectivity index (χ1v) is 22.8. The SMILES string of the molecule is CCCCCCCCCCCCCC[C](C)OCCOCCNC(=O)COCCOCCNC(=O)CC[C@H](NC(=O)CCCCCCCOc1ccc(C(=O)O)cc1)C(=O)O. The number of carbonyl (C=O) groups is 5. The Balaban J connectivity index is 1.91. The molecule has 3 amide bonds. The minimum Gasteiger partial charge on any atom is -0.494 e. The van der Waals surface area contributed by atoms with E-state index >= 15 is 0 Å². The first-order valence-electron chi connectivity index (χ1n) is 22.8. The number of hydrogen-bond donors (Lipinski definition) is 5. The Morgan fingerprint density at radius 1 is 0.557 bits per heavy atom. The van der Waals surface area contributed by atoms with E-state index in [4.69, 9.17) is 28.8 Å². The molecule has 0 fully saturated rings. The summed E-state index contributed by atoms with van der Waals surface area (Å²) in [7, 11) is 0. The fraction of sp³-hybridized carbons (Fsp3) is 0.739. The van der Waals surface area contributed by atoms with Gasteiger partial charge >= 0.3 is 11.9 Å². The molecular weight excluding hydrogens is 787 g/mol. The lowest BCUT2D eigenvalue weighted by Gasteiger charge is -2.14. The van der Waals surface area contributed by atoms with Crippen LogP contribution in [-0.4, -0.2) is 112 Å². The van der Waals surface area contributed by atoms with E-state index in [1.807, 2.05) is 6.92 Å². The summed E-state index contributed by atoms with van der Waals surface area (Å²) in [5.41, 5.74) is 0.201. The monoisotopic (exact) mass is 865 g/mol. The summed E-state index contributed by atoms with van der Waals surface area (Å²) in [5, 5.41) is 26.4. The van der Waals surface area contributed by atoms with Gasteiger partial charge in [-0.15, -0.1) is 0 Å². The van der Waals surface area contributed by atoms with E-state index in [1.54, 1.807) is 12.1 Å². The minimum absolute atomic E-state index is 0.0404. The number of aliphatic carboxylic acids is 1. The zero-order valence-electron chi connectivity index (χ0n) is 37.3. The Morgan fingerprint density at radius 3 is 1.67 bits per heavy atom. The van der Waals surface area contributed by atoms with Crippen molar-refractivity contribution in [1.29, 1.82) is 0 Å². The van der Waals surface area contributed by atoms with Crippen LogP contribution < -0.4 is 20.7 Å². The number of benzene rings is 1. The second-order valence-corrected chi connectivity index (χ2v) is 15.4. The maximum Gasteiger partial charge on any atom is 0.335 e. The van der Waals surface area contributed by atoms with Crippen molar-refractivity contribution < 1.29 is 57.9 Å². The Labute approximate surface area is 365 Å². The Morgan fingerprint density at radius 2 is 1.08 bits per heavy atom. The number of amides is 3. The van der Waals surface area contributed by atoms with E-state index < -0.39 is 18.0 Å². The highest BCUT2D eigenvalue weighted by molar-refractivity contribution is 5.87. The third-order valence-electron chi connectivity index (χ3n) is 9.91. The predicted molar refractivity (Wildman–Crippen MR) is 234 cm³/mol. The van der Waals surface area contributed by atoms with Gasteiger partial charge in [-0.2, -0.15) is 0 Å². The first kappa shape index (κ1) is 55.2. The van der Waals surface area contributed by atoms with Crippen molar-refractivity contribution in [2.24, 2.45) is 0 Å². The van der Waals surface area contributed by atoms with Crippen LogP contribution in [0, 0.1) is 6.10 Å². The van der Waals surface area contributed by atoms with E-state index in [-0.39, 0.29) is 75.5 Å². The summed E-state index contributed by atoms with van der Waals surface area (Å²) in [5.74, 6) is -2.56. The number of ether oxygens (including phenoxy) is 5. The summed E-state index contributed by atoms with van der Waals surface area (Å²) in [6.45, 7) is 7.26. The van der Waals surface area contributed by atoms with Crippen molar-refractivity contribution in [3.63, 3.8) is 0 Å². The molecule has 1 radical (unpaired) electrons. The second-order valence-electron chi connectivity index (χ2n) is 15.4. The molecule has 0 spiro atoms. The minimum atomic E-state index is -1.20.